The van der Waals surface area contributed by atoms with Crippen molar-refractivity contribution in [1.82, 2.24) is 15.0 Å². The third-order valence-corrected chi connectivity index (χ3v) is 5.07. The molecule has 1 N–H and O–H groups in total. The monoisotopic (exact) mass is 460 g/mol. The molecule has 0 radical (unpaired) electrons. The Morgan fingerprint density at radius 3 is 2.06 bits per heavy atom. The molecule has 0 atom stereocenters. The Morgan fingerprint density at radius 2 is 1.44 bits per heavy atom. The van der Waals surface area contributed by atoms with E-state index in [1.54, 1.807) is 29.1 Å². The van der Waals surface area contributed by atoms with Crippen molar-refractivity contribution in [3.8, 4) is 22.9 Å². The van der Waals surface area contributed by atoms with Gasteiger partial charge in [0.25, 0.3) is 5.91 Å². The van der Waals surface area contributed by atoms with Crippen LogP contribution in [0.1, 0.15) is 36.7 Å². The van der Waals surface area contributed by atoms with Gasteiger partial charge in [0.15, 0.2) is 11.5 Å². The summed E-state index contributed by atoms with van der Waals surface area (Å²) in [7, 11) is 0. The first-order valence-electron chi connectivity index (χ1n) is 11.3. The summed E-state index contributed by atoms with van der Waals surface area (Å²) in [6.45, 7) is 8.99. The van der Waals surface area contributed by atoms with E-state index >= 15 is 0 Å². The smallest absolute Gasteiger partial charge is 0.255 e. The summed E-state index contributed by atoms with van der Waals surface area (Å²) in [5.74, 6) is 1.14. The van der Waals surface area contributed by atoms with Crippen molar-refractivity contribution in [3.63, 3.8) is 0 Å². The molecule has 8 nitrogen and oxygen atoms in total. The molecule has 0 saturated heterocycles. The molecule has 4 rings (SSSR count). The molecule has 1 aromatic heterocycles. The zero-order valence-electron chi connectivity index (χ0n) is 19.8. The van der Waals surface area contributed by atoms with Crippen molar-refractivity contribution >= 4 is 22.6 Å². The minimum absolute atomic E-state index is 0.296. The summed E-state index contributed by atoms with van der Waals surface area (Å²) >= 11 is 0. The van der Waals surface area contributed by atoms with Gasteiger partial charge in [-0.05, 0) is 70.2 Å². The quantitative estimate of drug-likeness (QED) is 0.370. The van der Waals surface area contributed by atoms with Crippen molar-refractivity contribution in [1.29, 1.82) is 0 Å². The third kappa shape index (κ3) is 4.96. The number of fused-ring (bicyclic) bond motifs is 1. The molecule has 34 heavy (non-hydrogen) atoms. The molecule has 0 aliphatic heterocycles. The van der Waals surface area contributed by atoms with Gasteiger partial charge in [0, 0.05) is 11.3 Å². The lowest BCUT2D eigenvalue weighted by Gasteiger charge is -2.17. The van der Waals surface area contributed by atoms with Gasteiger partial charge in [-0.2, -0.15) is 4.80 Å². The fourth-order valence-electron chi connectivity index (χ4n) is 3.51. The van der Waals surface area contributed by atoms with Crippen LogP contribution in [-0.4, -0.2) is 40.7 Å². The number of nitrogens with one attached hydrogen (secondary N) is 1. The van der Waals surface area contributed by atoms with Crippen LogP contribution < -0.4 is 19.5 Å². The summed E-state index contributed by atoms with van der Waals surface area (Å²) in [5, 5.41) is 12.0. The van der Waals surface area contributed by atoms with Gasteiger partial charge in [-0.3, -0.25) is 4.79 Å². The second-order valence-electron chi connectivity index (χ2n) is 7.58. The number of aromatic nitrogens is 3. The van der Waals surface area contributed by atoms with E-state index in [0.717, 1.165) is 11.2 Å². The number of rotatable bonds is 9. The topological polar surface area (TPSA) is 87.5 Å². The number of aryl methyl sites for hydroxylation is 1. The molecule has 0 fully saturated rings. The van der Waals surface area contributed by atoms with Crippen LogP contribution in [0.4, 0.5) is 5.69 Å². The Hall–Kier alpha value is -4.07. The maximum absolute atomic E-state index is 13.1. The van der Waals surface area contributed by atoms with Gasteiger partial charge in [0.05, 0.1) is 25.5 Å². The number of nitrogens with zero attached hydrogens (tertiary/aromatic N) is 3. The molecular weight excluding hydrogens is 432 g/mol. The van der Waals surface area contributed by atoms with Crippen LogP contribution in [0, 0.1) is 6.92 Å². The van der Waals surface area contributed by atoms with Crippen molar-refractivity contribution in [2.45, 2.75) is 27.7 Å². The first-order valence-corrected chi connectivity index (χ1v) is 11.3. The Labute approximate surface area is 198 Å². The van der Waals surface area contributed by atoms with Gasteiger partial charge >= 0.3 is 0 Å². The number of hydrogen-bond donors (Lipinski definition) is 1. The molecule has 0 spiro atoms. The van der Waals surface area contributed by atoms with Crippen LogP contribution in [0.15, 0.2) is 54.6 Å². The molecule has 1 amide bonds. The van der Waals surface area contributed by atoms with Crippen LogP contribution in [0.25, 0.3) is 16.7 Å². The minimum atomic E-state index is -0.296. The van der Waals surface area contributed by atoms with Gasteiger partial charge in [-0.25, -0.2) is 0 Å². The second kappa shape index (κ2) is 10.2. The van der Waals surface area contributed by atoms with Gasteiger partial charge < -0.3 is 19.5 Å². The maximum atomic E-state index is 13.1. The average molecular weight is 461 g/mol. The van der Waals surface area contributed by atoms with Crippen LogP contribution in [0.2, 0.25) is 0 Å². The lowest BCUT2D eigenvalue weighted by molar-refractivity contribution is 0.102. The van der Waals surface area contributed by atoms with E-state index in [9.17, 15) is 4.79 Å². The van der Waals surface area contributed by atoms with Crippen LogP contribution in [0.3, 0.4) is 0 Å². The van der Waals surface area contributed by atoms with E-state index in [1.165, 1.54) is 5.56 Å². The SMILES string of the molecule is CCOc1cc(C(=O)Nc2ccc3nn(-c4ccc(C)cc4)nc3c2)cc(OCC)c1OCC. The van der Waals surface area contributed by atoms with Crippen molar-refractivity contribution in [2.24, 2.45) is 0 Å². The fourth-order valence-corrected chi connectivity index (χ4v) is 3.51. The number of amides is 1. The molecule has 8 heteroatoms. The molecule has 0 aliphatic carbocycles. The van der Waals surface area contributed by atoms with E-state index in [1.807, 2.05) is 58.0 Å². The zero-order valence-corrected chi connectivity index (χ0v) is 19.8. The normalized spacial score (nSPS) is 10.8. The van der Waals surface area contributed by atoms with Crippen LogP contribution in [-0.2, 0) is 0 Å². The first kappa shape index (κ1) is 23.1. The fraction of sp³-hybridized carbons (Fsp3) is 0.269. The van der Waals surface area contributed by atoms with Crippen molar-refractivity contribution in [2.75, 3.05) is 25.1 Å². The van der Waals surface area contributed by atoms with Crippen LogP contribution >= 0.6 is 0 Å². The molecule has 0 saturated carbocycles. The summed E-state index contributed by atoms with van der Waals surface area (Å²) in [4.78, 5) is 14.7. The molecule has 1 heterocycles. The summed E-state index contributed by atoms with van der Waals surface area (Å²) in [6.07, 6.45) is 0. The van der Waals surface area contributed by atoms with Gasteiger partial charge in [0.1, 0.15) is 11.0 Å². The largest absolute Gasteiger partial charge is 0.490 e. The maximum Gasteiger partial charge on any atom is 0.255 e. The van der Waals surface area contributed by atoms with E-state index in [2.05, 4.69) is 15.5 Å². The molecule has 0 bridgehead atoms. The highest BCUT2D eigenvalue weighted by molar-refractivity contribution is 6.05. The summed E-state index contributed by atoms with van der Waals surface area (Å²) < 4.78 is 17.2. The summed E-state index contributed by atoms with van der Waals surface area (Å²) in [5.41, 5.74) is 4.46. The number of ether oxygens (including phenoxy) is 3. The van der Waals surface area contributed by atoms with Gasteiger partial charge in [0.2, 0.25) is 5.75 Å². The average Bonchev–Trinajstić information content (AvgIpc) is 3.25. The van der Waals surface area contributed by atoms with Crippen LogP contribution in [0.5, 0.6) is 17.2 Å². The Morgan fingerprint density at radius 1 is 0.824 bits per heavy atom. The van der Waals surface area contributed by atoms with E-state index in [-0.39, 0.29) is 5.91 Å². The summed E-state index contributed by atoms with van der Waals surface area (Å²) in [6, 6.07) is 16.7. The highest BCUT2D eigenvalue weighted by Gasteiger charge is 2.19. The molecule has 0 unspecified atom stereocenters. The van der Waals surface area contributed by atoms with Gasteiger partial charge in [-0.1, -0.05) is 17.7 Å². The predicted molar refractivity (Wildman–Crippen MR) is 132 cm³/mol. The number of benzene rings is 3. The highest BCUT2D eigenvalue weighted by Crippen LogP contribution is 2.39. The lowest BCUT2D eigenvalue weighted by atomic mass is 10.1. The lowest BCUT2D eigenvalue weighted by Crippen LogP contribution is -2.13. The van der Waals surface area contributed by atoms with E-state index < -0.39 is 0 Å². The molecule has 4 aromatic rings. The third-order valence-electron chi connectivity index (χ3n) is 5.07. The molecule has 176 valence electrons. The number of carbonyl (C=O) groups excluding carboxylic acids is 1. The van der Waals surface area contributed by atoms with Crippen molar-refractivity contribution in [3.05, 3.63) is 65.7 Å². The molecule has 3 aromatic carbocycles. The van der Waals surface area contributed by atoms with E-state index in [4.69, 9.17) is 14.2 Å². The first-order chi connectivity index (χ1) is 16.5. The van der Waals surface area contributed by atoms with E-state index in [0.29, 0.717) is 53.8 Å². The molecular formula is C26H28N4O4. The van der Waals surface area contributed by atoms with Gasteiger partial charge in [-0.15, -0.1) is 10.2 Å². The Bertz CT molecular complexity index is 1270. The number of anilines is 1. The number of hydrogen-bond acceptors (Lipinski definition) is 6. The standard InChI is InChI=1S/C26H28N4O4/c1-5-32-23-14-18(15-24(33-6-2)25(23)34-7-3)26(31)27-19-10-13-21-22(16-19)29-30(28-21)20-11-8-17(4)9-12-20/h8-16H,5-7H2,1-4H3,(H,27,31). The Balaban J connectivity index is 1.61. The van der Waals surface area contributed by atoms with Crippen molar-refractivity contribution < 1.29 is 19.0 Å². The second-order valence-corrected chi connectivity index (χ2v) is 7.58. The highest BCUT2D eigenvalue weighted by atomic mass is 16.5. The Kier molecular flexibility index (Phi) is 6.96. The number of carbonyl (C=O) groups is 1. The zero-order chi connectivity index (χ0) is 24.1. The predicted octanol–water partition coefficient (Wildman–Crippen LogP) is 5.18. The molecule has 0 aliphatic rings. The minimum Gasteiger partial charge on any atom is -0.490 e.